The molecule has 0 bridgehead atoms. The molecule has 10 heavy (non-hydrogen) atoms. The Morgan fingerprint density at radius 1 is 1.50 bits per heavy atom. The molecule has 0 atom stereocenters. The molecule has 0 saturated carbocycles. The van der Waals surface area contributed by atoms with Crippen molar-refractivity contribution >= 4 is 11.9 Å². The second-order valence-corrected chi connectivity index (χ2v) is 2.72. The van der Waals surface area contributed by atoms with Crippen LogP contribution >= 0.6 is 0 Å². The van der Waals surface area contributed by atoms with E-state index in [0.29, 0.717) is 0 Å². The van der Waals surface area contributed by atoms with Gasteiger partial charge in [-0.15, -0.1) is 5.10 Å². The Morgan fingerprint density at radius 3 is 3.40 bits per heavy atom. The van der Waals surface area contributed by atoms with E-state index in [1.165, 1.54) is 24.1 Å². The number of nitrogens with one attached hydrogen (secondary N) is 1. The molecule has 1 N–H and O–H groups in total. The first kappa shape index (κ1) is 5.83. The van der Waals surface area contributed by atoms with E-state index in [0.717, 1.165) is 12.8 Å². The fraction of sp³-hybridized carbons (Fsp3) is 0.500. The van der Waals surface area contributed by atoms with Crippen LogP contribution in [0.2, 0.25) is 0 Å². The van der Waals surface area contributed by atoms with Crippen molar-refractivity contribution in [3.8, 4) is 0 Å². The van der Waals surface area contributed by atoms with Gasteiger partial charge in [-0.2, -0.15) is 0 Å². The molecular formula is C8H11N2+. The van der Waals surface area contributed by atoms with E-state index in [-0.39, 0.29) is 0 Å². The molecule has 2 nitrogen and oxygen atoms in total. The lowest BCUT2D eigenvalue weighted by molar-refractivity contribution is -0.459. The molecule has 0 aromatic rings. The van der Waals surface area contributed by atoms with Crippen LogP contribution in [0.1, 0.15) is 25.7 Å². The molecule has 1 aliphatic heterocycles. The summed E-state index contributed by atoms with van der Waals surface area (Å²) in [5.41, 5.74) is 2.71. The maximum Gasteiger partial charge on any atom is 0.174 e. The van der Waals surface area contributed by atoms with Crippen molar-refractivity contribution in [2.75, 3.05) is 0 Å². The van der Waals surface area contributed by atoms with Gasteiger partial charge in [0.2, 0.25) is 0 Å². The molecule has 2 heteroatoms. The Kier molecular flexibility index (Phi) is 1.38. The molecule has 2 rings (SSSR count). The van der Waals surface area contributed by atoms with Crippen LogP contribution < -0.4 is 5.10 Å². The highest BCUT2D eigenvalue weighted by Gasteiger charge is 2.15. The van der Waals surface area contributed by atoms with Crippen molar-refractivity contribution in [2.45, 2.75) is 25.7 Å². The van der Waals surface area contributed by atoms with Crippen LogP contribution in [0.4, 0.5) is 0 Å². The summed E-state index contributed by atoms with van der Waals surface area (Å²) >= 11 is 0. The largest absolute Gasteiger partial charge is 0.174 e. The van der Waals surface area contributed by atoms with Gasteiger partial charge in [-0.25, -0.2) is 0 Å². The third-order valence-electron chi connectivity index (χ3n) is 1.99. The number of hydrazone groups is 1. The first-order chi connectivity index (χ1) is 4.97. The fourth-order valence-electron chi connectivity index (χ4n) is 1.43. The van der Waals surface area contributed by atoms with Crippen molar-refractivity contribution in [1.82, 2.24) is 0 Å². The third-order valence-corrected chi connectivity index (χ3v) is 1.99. The van der Waals surface area contributed by atoms with Gasteiger partial charge in [0.1, 0.15) is 5.71 Å². The lowest BCUT2D eigenvalue weighted by atomic mass is 9.95. The minimum Gasteiger partial charge on any atom is -0.110 e. The second kappa shape index (κ2) is 2.37. The van der Waals surface area contributed by atoms with Crippen molar-refractivity contribution in [2.24, 2.45) is 5.10 Å². The minimum atomic E-state index is 1.05. The summed E-state index contributed by atoms with van der Waals surface area (Å²) in [5.74, 6) is 0. The quantitative estimate of drug-likeness (QED) is 0.484. The highest BCUT2D eigenvalue weighted by molar-refractivity contribution is 6.02. The summed E-state index contributed by atoms with van der Waals surface area (Å²) in [6, 6.07) is 0. The van der Waals surface area contributed by atoms with Crippen LogP contribution in [-0.2, 0) is 0 Å². The topological polar surface area (TPSA) is 26.3 Å². The molecule has 2 aliphatic rings. The van der Waals surface area contributed by atoms with Gasteiger partial charge in [-0.3, -0.25) is 0 Å². The average molecular weight is 135 g/mol. The first-order valence-corrected chi connectivity index (χ1v) is 3.80. The Morgan fingerprint density at radius 2 is 2.50 bits per heavy atom. The van der Waals surface area contributed by atoms with E-state index in [1.54, 1.807) is 0 Å². The molecule has 0 radical (unpaired) electrons. The van der Waals surface area contributed by atoms with E-state index in [1.807, 2.05) is 6.21 Å². The highest BCUT2D eigenvalue weighted by atomic mass is 15.2. The second-order valence-electron chi connectivity index (χ2n) is 2.72. The van der Waals surface area contributed by atoms with E-state index in [4.69, 9.17) is 0 Å². The van der Waals surface area contributed by atoms with E-state index in [2.05, 4.69) is 16.3 Å². The Hall–Kier alpha value is -0.920. The Bertz CT molecular complexity index is 223. The minimum absolute atomic E-state index is 1.05. The lowest BCUT2D eigenvalue weighted by Crippen LogP contribution is -2.64. The van der Waals surface area contributed by atoms with Gasteiger partial charge in [0.25, 0.3) is 0 Å². The van der Waals surface area contributed by atoms with Crippen LogP contribution in [0.25, 0.3) is 0 Å². The number of hydrogen-bond acceptors (Lipinski definition) is 1. The number of rotatable bonds is 0. The zero-order valence-electron chi connectivity index (χ0n) is 5.93. The maximum atomic E-state index is 4.19. The Balaban J connectivity index is 2.32. The normalized spacial score (nSPS) is 23.2. The monoisotopic (exact) mass is 135 g/mol. The van der Waals surface area contributed by atoms with Gasteiger partial charge in [-0.05, 0) is 29.9 Å². The average Bonchev–Trinajstić information content (AvgIpc) is 2.05. The summed E-state index contributed by atoms with van der Waals surface area (Å²) in [7, 11) is 0. The summed E-state index contributed by atoms with van der Waals surface area (Å²) in [4.78, 5) is 0. The molecule has 0 unspecified atom stereocenters. The van der Waals surface area contributed by atoms with E-state index in [9.17, 15) is 0 Å². The first-order valence-electron chi connectivity index (χ1n) is 3.80. The van der Waals surface area contributed by atoms with E-state index >= 15 is 0 Å². The highest BCUT2D eigenvalue weighted by Crippen LogP contribution is 2.16. The molecule has 0 fully saturated rings. The molecule has 0 amide bonds. The molecule has 1 heterocycles. The summed E-state index contributed by atoms with van der Waals surface area (Å²) < 4.78 is 0. The number of hydrogen-bond donors (Lipinski definition) is 1. The smallest absolute Gasteiger partial charge is 0.110 e. The molecule has 0 saturated heterocycles. The zero-order chi connectivity index (χ0) is 6.81. The van der Waals surface area contributed by atoms with Crippen molar-refractivity contribution in [3.63, 3.8) is 0 Å². The number of fused-ring (bicyclic) bond motifs is 1. The van der Waals surface area contributed by atoms with Crippen LogP contribution in [-0.4, -0.2) is 11.9 Å². The lowest BCUT2D eigenvalue weighted by Gasteiger charge is -2.11. The van der Waals surface area contributed by atoms with Gasteiger partial charge in [-0.1, -0.05) is 6.08 Å². The molecule has 52 valence electrons. The van der Waals surface area contributed by atoms with Gasteiger partial charge < -0.3 is 0 Å². The van der Waals surface area contributed by atoms with Crippen LogP contribution in [0.3, 0.4) is 0 Å². The predicted molar refractivity (Wildman–Crippen MR) is 41.0 cm³/mol. The SMILES string of the molecule is C1=[NH+]N=C2CCCC=C2C1. The van der Waals surface area contributed by atoms with Gasteiger partial charge in [0.05, 0.1) is 6.42 Å². The maximum absolute atomic E-state index is 4.19. The number of nitrogens with zero attached hydrogens (tertiary/aromatic N) is 1. The van der Waals surface area contributed by atoms with Crippen LogP contribution in [0.5, 0.6) is 0 Å². The summed E-state index contributed by atoms with van der Waals surface area (Å²) in [6.07, 6.45) is 9.03. The van der Waals surface area contributed by atoms with Crippen molar-refractivity contribution < 1.29 is 5.10 Å². The Labute approximate surface area is 60.4 Å². The molecule has 0 aromatic heterocycles. The molecular weight excluding hydrogens is 124 g/mol. The van der Waals surface area contributed by atoms with Gasteiger partial charge in [0.15, 0.2) is 6.21 Å². The summed E-state index contributed by atoms with van der Waals surface area (Å²) in [6.45, 7) is 0. The van der Waals surface area contributed by atoms with Gasteiger partial charge >= 0.3 is 0 Å². The molecule has 0 spiro atoms. The van der Waals surface area contributed by atoms with E-state index < -0.39 is 0 Å². The van der Waals surface area contributed by atoms with Crippen LogP contribution in [0, 0.1) is 0 Å². The zero-order valence-corrected chi connectivity index (χ0v) is 5.93. The molecule has 0 aromatic carbocycles. The summed E-state index contributed by atoms with van der Waals surface area (Å²) in [5, 5.41) is 7.10. The predicted octanol–water partition coefficient (Wildman–Crippen LogP) is 0.00780. The van der Waals surface area contributed by atoms with Crippen molar-refractivity contribution in [1.29, 1.82) is 0 Å². The fourth-order valence-corrected chi connectivity index (χ4v) is 1.43. The van der Waals surface area contributed by atoms with Crippen molar-refractivity contribution in [3.05, 3.63) is 11.6 Å². The van der Waals surface area contributed by atoms with Gasteiger partial charge in [0, 0.05) is 0 Å². The van der Waals surface area contributed by atoms with Crippen LogP contribution in [0.15, 0.2) is 16.8 Å². The standard InChI is InChI=1S/C8H10N2/c1-2-4-8-7(3-1)5-6-9-10-8/h3,6H,1-2,4-5H2/p+1. The third kappa shape index (κ3) is 0.897. The molecule has 1 aliphatic carbocycles. The number of allylic oxidation sites excluding steroid dienone is 2.